The molecule has 0 aliphatic carbocycles. The van der Waals surface area contributed by atoms with E-state index in [1.165, 1.54) is 11.8 Å². The van der Waals surface area contributed by atoms with Crippen molar-refractivity contribution < 1.29 is 14.3 Å². The van der Waals surface area contributed by atoms with Gasteiger partial charge in [0.25, 0.3) is 0 Å². The Labute approximate surface area is 171 Å². The first-order valence-electron chi connectivity index (χ1n) is 8.83. The Bertz CT molecular complexity index is 1050. The largest absolute Gasteiger partial charge is 0.462 e. The Kier molecular flexibility index (Phi) is 6.31. The zero-order valence-electron chi connectivity index (χ0n) is 16.2. The van der Waals surface area contributed by atoms with Gasteiger partial charge in [-0.2, -0.15) is 0 Å². The molecule has 0 saturated heterocycles. The molecule has 0 fully saturated rings. The first-order valence-corrected chi connectivity index (χ1v) is 10.6. The van der Waals surface area contributed by atoms with Crippen LogP contribution < -0.4 is 5.32 Å². The molecular weight excluding hydrogens is 394 g/mol. The van der Waals surface area contributed by atoms with E-state index in [0.717, 1.165) is 38.4 Å². The van der Waals surface area contributed by atoms with Crippen LogP contribution in [0, 0.1) is 20.8 Å². The van der Waals surface area contributed by atoms with Gasteiger partial charge in [-0.25, -0.2) is 14.8 Å². The number of carbonyl (C=O) groups excluding carboxylic acids is 2. The third-order valence-electron chi connectivity index (χ3n) is 4.04. The monoisotopic (exact) mass is 415 g/mol. The van der Waals surface area contributed by atoms with Crippen LogP contribution in [-0.2, 0) is 9.53 Å². The van der Waals surface area contributed by atoms with Gasteiger partial charge in [0.05, 0.1) is 23.6 Å². The molecule has 2 heterocycles. The third-order valence-corrected chi connectivity index (χ3v) is 6.18. The van der Waals surface area contributed by atoms with Crippen LogP contribution >= 0.6 is 23.1 Å². The van der Waals surface area contributed by atoms with E-state index in [0.29, 0.717) is 22.3 Å². The van der Waals surface area contributed by atoms with Crippen molar-refractivity contribution in [2.24, 2.45) is 0 Å². The molecule has 0 spiro atoms. The normalized spacial score (nSPS) is 10.9. The smallest absolute Gasteiger partial charge is 0.350 e. The van der Waals surface area contributed by atoms with Crippen LogP contribution in [0.1, 0.15) is 33.4 Å². The molecule has 8 heteroatoms. The molecule has 3 aromatic rings. The summed E-state index contributed by atoms with van der Waals surface area (Å²) >= 11 is 2.51. The number of pyridine rings is 1. The first kappa shape index (κ1) is 20.3. The molecule has 0 bridgehead atoms. The second kappa shape index (κ2) is 8.70. The van der Waals surface area contributed by atoms with Gasteiger partial charge < -0.3 is 10.1 Å². The molecule has 6 nitrogen and oxygen atoms in total. The number of ether oxygens (including phenoxy) is 1. The minimum Gasteiger partial charge on any atom is -0.462 e. The lowest BCUT2D eigenvalue weighted by Crippen LogP contribution is -2.14. The molecule has 0 saturated carbocycles. The number of carbonyl (C=O) groups is 2. The number of para-hydroxylation sites is 1. The molecule has 3 rings (SSSR count). The minimum atomic E-state index is -0.418. The zero-order valence-corrected chi connectivity index (χ0v) is 17.8. The van der Waals surface area contributed by atoms with Gasteiger partial charge in [-0.15, -0.1) is 0 Å². The average Bonchev–Trinajstić information content (AvgIpc) is 3.01. The number of thioether (sulfide) groups is 1. The summed E-state index contributed by atoms with van der Waals surface area (Å²) in [5, 5.41) is 5.07. The maximum absolute atomic E-state index is 12.3. The molecule has 146 valence electrons. The fourth-order valence-corrected chi connectivity index (χ4v) is 4.37. The van der Waals surface area contributed by atoms with E-state index in [9.17, 15) is 9.59 Å². The summed E-state index contributed by atoms with van der Waals surface area (Å²) in [5.41, 5.74) is 3.64. The number of aromatic nitrogens is 2. The molecule has 0 aliphatic heterocycles. The molecule has 0 unspecified atom stereocenters. The number of thiazole rings is 1. The van der Waals surface area contributed by atoms with E-state index in [1.807, 2.05) is 32.0 Å². The number of nitrogens with zero attached hydrogens (tertiary/aromatic N) is 2. The quantitative estimate of drug-likeness (QED) is 0.471. The lowest BCUT2D eigenvalue weighted by Gasteiger charge is -2.08. The number of fused-ring (bicyclic) bond motifs is 1. The minimum absolute atomic E-state index is 0.194. The van der Waals surface area contributed by atoms with Gasteiger partial charge in [0.2, 0.25) is 5.91 Å². The fraction of sp³-hybridized carbons (Fsp3) is 0.300. The standard InChI is InChI=1S/C20H21N3O3S2/c1-5-26-19(25)17-13(4)21-20(28-17)22-15(24)10-27-18-12(3)9-14-8-6-7-11(2)16(14)23-18/h6-9H,5,10H2,1-4H3,(H,21,22,24). The van der Waals surface area contributed by atoms with E-state index >= 15 is 0 Å². The molecule has 0 atom stereocenters. The van der Waals surface area contributed by atoms with Gasteiger partial charge in [-0.1, -0.05) is 41.3 Å². The Morgan fingerprint density at radius 1 is 1.18 bits per heavy atom. The van der Waals surface area contributed by atoms with Crippen LogP contribution in [0.15, 0.2) is 29.3 Å². The number of esters is 1. The summed E-state index contributed by atoms with van der Waals surface area (Å²) in [7, 11) is 0. The number of amides is 1. The highest BCUT2D eigenvalue weighted by Gasteiger charge is 2.18. The highest BCUT2D eigenvalue weighted by atomic mass is 32.2. The van der Waals surface area contributed by atoms with Gasteiger partial charge in [-0.05, 0) is 44.9 Å². The number of hydrogen-bond acceptors (Lipinski definition) is 7. The third kappa shape index (κ3) is 4.51. The Morgan fingerprint density at radius 2 is 1.96 bits per heavy atom. The van der Waals surface area contributed by atoms with Gasteiger partial charge in [-0.3, -0.25) is 4.79 Å². The van der Waals surface area contributed by atoms with Crippen LogP contribution in [0.4, 0.5) is 5.13 Å². The number of benzene rings is 1. The Hall–Kier alpha value is -2.45. The summed E-state index contributed by atoms with van der Waals surface area (Å²) in [4.78, 5) is 33.6. The molecule has 0 aliphatic rings. The Morgan fingerprint density at radius 3 is 2.71 bits per heavy atom. The van der Waals surface area contributed by atoms with E-state index in [4.69, 9.17) is 9.72 Å². The van der Waals surface area contributed by atoms with Crippen molar-refractivity contribution in [3.05, 3.63) is 46.0 Å². The fourth-order valence-electron chi connectivity index (χ4n) is 2.71. The second-order valence-corrected chi connectivity index (χ2v) is 8.21. The number of anilines is 1. The highest BCUT2D eigenvalue weighted by molar-refractivity contribution is 8.00. The molecule has 2 aromatic heterocycles. The molecule has 0 radical (unpaired) electrons. The van der Waals surface area contributed by atoms with Gasteiger partial charge >= 0.3 is 5.97 Å². The van der Waals surface area contributed by atoms with E-state index in [-0.39, 0.29) is 11.7 Å². The predicted molar refractivity (Wildman–Crippen MR) is 113 cm³/mol. The summed E-state index contributed by atoms with van der Waals surface area (Å²) in [5.74, 6) is -0.405. The van der Waals surface area contributed by atoms with Crippen LogP contribution in [0.25, 0.3) is 10.9 Å². The number of rotatable bonds is 6. The van der Waals surface area contributed by atoms with Crippen molar-refractivity contribution in [2.45, 2.75) is 32.7 Å². The lowest BCUT2D eigenvalue weighted by molar-refractivity contribution is -0.113. The lowest BCUT2D eigenvalue weighted by atomic mass is 10.1. The summed E-state index contributed by atoms with van der Waals surface area (Å²) in [6.07, 6.45) is 0. The zero-order chi connectivity index (χ0) is 20.3. The predicted octanol–water partition coefficient (Wildman–Crippen LogP) is 4.52. The van der Waals surface area contributed by atoms with Crippen molar-refractivity contribution in [3.8, 4) is 0 Å². The molecule has 1 amide bonds. The van der Waals surface area contributed by atoms with Gasteiger partial charge in [0.1, 0.15) is 9.90 Å². The molecule has 28 heavy (non-hydrogen) atoms. The Balaban J connectivity index is 1.67. The van der Waals surface area contributed by atoms with Crippen molar-refractivity contribution in [1.82, 2.24) is 9.97 Å². The first-order chi connectivity index (χ1) is 13.4. The van der Waals surface area contributed by atoms with Crippen LogP contribution in [0.2, 0.25) is 0 Å². The van der Waals surface area contributed by atoms with Crippen molar-refractivity contribution in [2.75, 3.05) is 17.7 Å². The number of aryl methyl sites for hydroxylation is 3. The SMILES string of the molecule is CCOC(=O)c1sc(NC(=O)CSc2nc3c(C)cccc3cc2C)nc1C. The van der Waals surface area contributed by atoms with E-state index in [2.05, 4.69) is 16.4 Å². The summed E-state index contributed by atoms with van der Waals surface area (Å²) < 4.78 is 5.00. The van der Waals surface area contributed by atoms with E-state index in [1.54, 1.807) is 13.8 Å². The second-order valence-electron chi connectivity index (χ2n) is 6.25. The summed E-state index contributed by atoms with van der Waals surface area (Å²) in [6.45, 7) is 7.78. The topological polar surface area (TPSA) is 81.2 Å². The summed E-state index contributed by atoms with van der Waals surface area (Å²) in [6, 6.07) is 8.16. The van der Waals surface area contributed by atoms with E-state index < -0.39 is 5.97 Å². The highest BCUT2D eigenvalue weighted by Crippen LogP contribution is 2.27. The molecule has 1 N–H and O–H groups in total. The van der Waals surface area contributed by atoms with Crippen LogP contribution in [0.3, 0.4) is 0 Å². The average molecular weight is 416 g/mol. The number of nitrogens with one attached hydrogen (secondary N) is 1. The van der Waals surface area contributed by atoms with Gasteiger partial charge in [0.15, 0.2) is 5.13 Å². The molecular formula is C20H21N3O3S2. The van der Waals surface area contributed by atoms with Crippen molar-refractivity contribution in [1.29, 1.82) is 0 Å². The maximum Gasteiger partial charge on any atom is 0.350 e. The van der Waals surface area contributed by atoms with Crippen molar-refractivity contribution >= 4 is 51.0 Å². The molecule has 1 aromatic carbocycles. The maximum atomic E-state index is 12.3. The van der Waals surface area contributed by atoms with Gasteiger partial charge in [0, 0.05) is 5.39 Å². The van der Waals surface area contributed by atoms with Crippen LogP contribution in [0.5, 0.6) is 0 Å². The number of hydrogen-bond donors (Lipinski definition) is 1. The van der Waals surface area contributed by atoms with Crippen molar-refractivity contribution in [3.63, 3.8) is 0 Å². The van der Waals surface area contributed by atoms with Crippen LogP contribution in [-0.4, -0.2) is 34.2 Å².